The summed E-state index contributed by atoms with van der Waals surface area (Å²) in [6.07, 6.45) is 3.00. The van der Waals surface area contributed by atoms with Gasteiger partial charge in [0.2, 0.25) is 5.91 Å². The summed E-state index contributed by atoms with van der Waals surface area (Å²) in [4.78, 5) is 27.0. The molecule has 0 unspecified atom stereocenters. The van der Waals surface area contributed by atoms with Crippen LogP contribution in [0.3, 0.4) is 0 Å². The van der Waals surface area contributed by atoms with Crippen LogP contribution in [-0.4, -0.2) is 37.2 Å². The molecule has 0 saturated carbocycles. The number of ether oxygens (including phenoxy) is 2. The van der Waals surface area contributed by atoms with Crippen LogP contribution in [0, 0.1) is 5.82 Å². The van der Waals surface area contributed by atoms with Gasteiger partial charge in [-0.25, -0.2) is 14.2 Å². The largest absolute Gasteiger partial charge is 0.414 e. The normalized spacial score (nSPS) is 10.5. The molecule has 0 fully saturated rings. The van der Waals surface area contributed by atoms with Gasteiger partial charge in [0.15, 0.2) is 0 Å². The van der Waals surface area contributed by atoms with Crippen molar-refractivity contribution >= 4 is 23.3 Å². The number of carbonyl (C=O) groups excluding carboxylic acids is 2. The van der Waals surface area contributed by atoms with Crippen molar-refractivity contribution in [3.63, 3.8) is 0 Å². The molecule has 0 radical (unpaired) electrons. The Balaban J connectivity index is 1.49. The second-order valence-corrected chi connectivity index (χ2v) is 6.84. The second-order valence-electron chi connectivity index (χ2n) is 6.02. The smallest absolute Gasteiger partial charge is 0.381 e. The Labute approximate surface area is 167 Å². The molecule has 0 atom stereocenters. The summed E-state index contributed by atoms with van der Waals surface area (Å²) in [5.74, 6) is -0.466. The van der Waals surface area contributed by atoms with Crippen molar-refractivity contribution in [2.24, 2.45) is 0 Å². The van der Waals surface area contributed by atoms with Gasteiger partial charge in [0.1, 0.15) is 12.4 Å². The van der Waals surface area contributed by atoms with Crippen LogP contribution in [-0.2, 0) is 22.6 Å². The number of hydrogen-bond acceptors (Lipinski definition) is 6. The Morgan fingerprint density at radius 3 is 2.71 bits per heavy atom. The standard InChI is InChI=1S/C19H24FN3O4S/c1-21-18(25)27-19-23-16(13-28-19)5-3-2-4-10-22-17(24)12-26-11-14-6-8-15(20)9-7-14/h6-9,13H,2-5,10-12H2,1H3,(H,21,25)(H,22,24). The van der Waals surface area contributed by atoms with Crippen molar-refractivity contribution in [3.05, 3.63) is 46.7 Å². The van der Waals surface area contributed by atoms with Crippen LogP contribution < -0.4 is 15.4 Å². The number of halogens is 1. The molecule has 2 amide bonds. The van der Waals surface area contributed by atoms with E-state index in [2.05, 4.69) is 15.6 Å². The fraction of sp³-hybridized carbons (Fsp3) is 0.421. The maximum Gasteiger partial charge on any atom is 0.414 e. The number of nitrogens with one attached hydrogen (secondary N) is 2. The van der Waals surface area contributed by atoms with Crippen molar-refractivity contribution < 1.29 is 23.5 Å². The van der Waals surface area contributed by atoms with Crippen LogP contribution in [0.4, 0.5) is 9.18 Å². The molecule has 2 rings (SSSR count). The first-order valence-electron chi connectivity index (χ1n) is 8.99. The first-order valence-corrected chi connectivity index (χ1v) is 9.87. The van der Waals surface area contributed by atoms with E-state index in [1.807, 2.05) is 5.38 Å². The summed E-state index contributed by atoms with van der Waals surface area (Å²) in [6.45, 7) is 0.831. The van der Waals surface area contributed by atoms with Gasteiger partial charge >= 0.3 is 6.09 Å². The summed E-state index contributed by atoms with van der Waals surface area (Å²) in [5, 5.41) is 7.39. The van der Waals surface area contributed by atoms with Gasteiger partial charge in [0.05, 0.1) is 12.3 Å². The maximum atomic E-state index is 12.8. The third-order valence-electron chi connectivity index (χ3n) is 3.76. The number of aryl methyl sites for hydroxylation is 1. The fourth-order valence-electron chi connectivity index (χ4n) is 2.31. The minimum absolute atomic E-state index is 0.0235. The molecule has 0 spiro atoms. The molecule has 1 aromatic heterocycles. The van der Waals surface area contributed by atoms with Gasteiger partial charge in [-0.05, 0) is 37.0 Å². The topological polar surface area (TPSA) is 89.5 Å². The van der Waals surface area contributed by atoms with E-state index in [0.717, 1.165) is 36.9 Å². The van der Waals surface area contributed by atoms with Crippen molar-refractivity contribution in [1.29, 1.82) is 0 Å². The number of unbranched alkanes of at least 4 members (excludes halogenated alkanes) is 2. The van der Waals surface area contributed by atoms with E-state index in [1.165, 1.54) is 30.5 Å². The molecule has 152 valence electrons. The van der Waals surface area contributed by atoms with Gasteiger partial charge in [-0.15, -0.1) is 0 Å². The van der Waals surface area contributed by atoms with Gasteiger partial charge in [-0.2, -0.15) is 0 Å². The number of hydrogen-bond donors (Lipinski definition) is 2. The average Bonchev–Trinajstić information content (AvgIpc) is 3.13. The van der Waals surface area contributed by atoms with E-state index in [-0.39, 0.29) is 24.9 Å². The van der Waals surface area contributed by atoms with Gasteiger partial charge < -0.3 is 20.1 Å². The van der Waals surface area contributed by atoms with E-state index < -0.39 is 6.09 Å². The van der Waals surface area contributed by atoms with Crippen LogP contribution in [0.1, 0.15) is 30.5 Å². The number of carbonyl (C=O) groups is 2. The molecule has 28 heavy (non-hydrogen) atoms. The predicted molar refractivity (Wildman–Crippen MR) is 104 cm³/mol. The molecular formula is C19H24FN3O4S. The highest BCUT2D eigenvalue weighted by molar-refractivity contribution is 7.11. The van der Waals surface area contributed by atoms with E-state index >= 15 is 0 Å². The van der Waals surface area contributed by atoms with Gasteiger partial charge in [0.25, 0.3) is 5.19 Å². The van der Waals surface area contributed by atoms with Crippen molar-refractivity contribution in [1.82, 2.24) is 15.6 Å². The fourth-order valence-corrected chi connectivity index (χ4v) is 3.01. The van der Waals surface area contributed by atoms with Gasteiger partial charge in [-0.3, -0.25) is 4.79 Å². The molecule has 0 aliphatic rings. The number of thiazole rings is 1. The summed E-state index contributed by atoms with van der Waals surface area (Å²) in [7, 11) is 1.49. The summed E-state index contributed by atoms with van der Waals surface area (Å²) in [5.41, 5.74) is 1.71. The van der Waals surface area contributed by atoms with Crippen LogP contribution in [0.15, 0.2) is 29.6 Å². The maximum absolute atomic E-state index is 12.8. The highest BCUT2D eigenvalue weighted by Gasteiger charge is 2.07. The first-order chi connectivity index (χ1) is 13.6. The summed E-state index contributed by atoms with van der Waals surface area (Å²) < 4.78 is 23.1. The molecular weight excluding hydrogens is 385 g/mol. The van der Waals surface area contributed by atoms with Crippen molar-refractivity contribution in [2.45, 2.75) is 32.3 Å². The molecule has 0 saturated heterocycles. The third kappa shape index (κ3) is 8.45. The van der Waals surface area contributed by atoms with E-state index in [9.17, 15) is 14.0 Å². The third-order valence-corrected chi connectivity index (χ3v) is 4.53. The molecule has 2 aromatic rings. The number of nitrogens with zero attached hydrogens (tertiary/aromatic N) is 1. The van der Waals surface area contributed by atoms with Crippen LogP contribution >= 0.6 is 11.3 Å². The number of benzene rings is 1. The zero-order chi connectivity index (χ0) is 20.2. The Kier molecular flexibility index (Phi) is 9.36. The lowest BCUT2D eigenvalue weighted by Gasteiger charge is -2.06. The van der Waals surface area contributed by atoms with Gasteiger partial charge in [0, 0.05) is 19.0 Å². The monoisotopic (exact) mass is 409 g/mol. The average molecular weight is 409 g/mol. The molecule has 9 heteroatoms. The number of rotatable bonds is 11. The quantitative estimate of drug-likeness (QED) is 0.557. The Bertz CT molecular complexity index is 752. The second kappa shape index (κ2) is 12.0. The van der Waals surface area contributed by atoms with Crippen molar-refractivity contribution in [2.75, 3.05) is 20.2 Å². The molecule has 0 bridgehead atoms. The minimum Gasteiger partial charge on any atom is -0.381 e. The predicted octanol–water partition coefficient (Wildman–Crippen LogP) is 3.05. The Morgan fingerprint density at radius 2 is 1.96 bits per heavy atom. The summed E-state index contributed by atoms with van der Waals surface area (Å²) in [6, 6.07) is 5.98. The van der Waals surface area contributed by atoms with Crippen molar-refractivity contribution in [3.8, 4) is 5.19 Å². The summed E-state index contributed by atoms with van der Waals surface area (Å²) >= 11 is 1.29. The highest BCUT2D eigenvalue weighted by Crippen LogP contribution is 2.19. The minimum atomic E-state index is -0.529. The lowest BCUT2D eigenvalue weighted by Crippen LogP contribution is -2.28. The van der Waals surface area contributed by atoms with Gasteiger partial charge in [-0.1, -0.05) is 29.9 Å². The van der Waals surface area contributed by atoms with Crippen LogP contribution in [0.2, 0.25) is 0 Å². The highest BCUT2D eigenvalue weighted by atomic mass is 32.1. The number of amides is 2. The first kappa shape index (κ1) is 21.8. The molecule has 2 N–H and O–H groups in total. The number of aromatic nitrogens is 1. The molecule has 0 aliphatic carbocycles. The zero-order valence-electron chi connectivity index (χ0n) is 15.7. The van der Waals surface area contributed by atoms with E-state index in [4.69, 9.17) is 9.47 Å². The van der Waals surface area contributed by atoms with E-state index in [1.54, 1.807) is 12.1 Å². The van der Waals surface area contributed by atoms with Crippen LogP contribution in [0.25, 0.3) is 0 Å². The van der Waals surface area contributed by atoms with E-state index in [0.29, 0.717) is 11.7 Å². The molecule has 7 nitrogen and oxygen atoms in total. The SMILES string of the molecule is CNC(=O)Oc1nc(CCCCCNC(=O)COCc2ccc(F)cc2)cs1. The van der Waals surface area contributed by atoms with Crippen LogP contribution in [0.5, 0.6) is 5.19 Å². The Morgan fingerprint density at radius 1 is 1.18 bits per heavy atom. The zero-order valence-corrected chi connectivity index (χ0v) is 16.5. The molecule has 0 aliphatic heterocycles. The lowest BCUT2D eigenvalue weighted by molar-refractivity contribution is -0.126. The molecule has 1 heterocycles. The molecule has 1 aromatic carbocycles. The Hall–Kier alpha value is -2.52. The lowest BCUT2D eigenvalue weighted by atomic mass is 10.1.